The Morgan fingerprint density at radius 3 is 2.59 bits per heavy atom. The molecule has 4 rings (SSSR count). The van der Waals surface area contributed by atoms with Crippen LogP contribution >= 0.6 is 11.8 Å². The van der Waals surface area contributed by atoms with Gasteiger partial charge in [0.1, 0.15) is 5.82 Å². The van der Waals surface area contributed by atoms with Crippen LogP contribution in [0.1, 0.15) is 5.82 Å². The molecule has 2 aromatic carbocycles. The Labute approximate surface area is 131 Å². The zero-order chi connectivity index (χ0) is 14.8. The van der Waals surface area contributed by atoms with Crippen molar-refractivity contribution >= 4 is 22.8 Å². The van der Waals surface area contributed by atoms with E-state index in [1.54, 1.807) is 11.8 Å². The highest BCUT2D eigenvalue weighted by Gasteiger charge is 2.08. The van der Waals surface area contributed by atoms with Crippen LogP contribution in [0.25, 0.3) is 22.4 Å². The summed E-state index contributed by atoms with van der Waals surface area (Å²) < 4.78 is 0. The van der Waals surface area contributed by atoms with Gasteiger partial charge in [-0.2, -0.15) is 5.10 Å². The maximum absolute atomic E-state index is 4.54. The van der Waals surface area contributed by atoms with Gasteiger partial charge in [-0.25, -0.2) is 9.97 Å². The van der Waals surface area contributed by atoms with Crippen molar-refractivity contribution in [2.24, 2.45) is 0 Å². The van der Waals surface area contributed by atoms with E-state index in [4.69, 9.17) is 0 Å². The van der Waals surface area contributed by atoms with Gasteiger partial charge in [-0.1, -0.05) is 54.2 Å². The van der Waals surface area contributed by atoms with Crippen molar-refractivity contribution < 1.29 is 0 Å². The number of para-hydroxylation sites is 2. The van der Waals surface area contributed by atoms with Crippen LogP contribution in [-0.4, -0.2) is 25.1 Å². The maximum Gasteiger partial charge on any atom is 0.181 e. The number of H-pyrrole nitrogens is 2. The first-order chi connectivity index (χ1) is 10.9. The van der Waals surface area contributed by atoms with Crippen LogP contribution in [-0.2, 0) is 5.75 Å². The third kappa shape index (κ3) is 2.60. The number of imidazole rings is 1. The Balaban J connectivity index is 1.49. The van der Waals surface area contributed by atoms with Crippen molar-refractivity contribution in [1.29, 1.82) is 0 Å². The Bertz CT molecular complexity index is 864. The van der Waals surface area contributed by atoms with E-state index in [0.717, 1.165) is 33.4 Å². The topological polar surface area (TPSA) is 70.2 Å². The largest absolute Gasteiger partial charge is 0.333 e. The number of aromatic nitrogens is 5. The van der Waals surface area contributed by atoms with Gasteiger partial charge in [-0.15, -0.1) is 0 Å². The van der Waals surface area contributed by atoms with Crippen molar-refractivity contribution in [1.82, 2.24) is 25.1 Å². The van der Waals surface area contributed by atoms with E-state index >= 15 is 0 Å². The molecule has 22 heavy (non-hydrogen) atoms. The molecule has 2 aromatic heterocycles. The molecular weight excluding hydrogens is 294 g/mol. The highest BCUT2D eigenvalue weighted by Crippen LogP contribution is 2.22. The second kappa shape index (κ2) is 5.65. The van der Waals surface area contributed by atoms with Crippen molar-refractivity contribution in [2.75, 3.05) is 0 Å². The highest BCUT2D eigenvalue weighted by atomic mass is 32.2. The van der Waals surface area contributed by atoms with E-state index in [2.05, 4.69) is 25.1 Å². The van der Waals surface area contributed by atoms with Crippen molar-refractivity contribution in [3.63, 3.8) is 0 Å². The average molecular weight is 307 g/mol. The van der Waals surface area contributed by atoms with Crippen molar-refractivity contribution in [3.8, 4) is 11.4 Å². The minimum atomic E-state index is 0.694. The normalized spacial score (nSPS) is 11.1. The minimum Gasteiger partial charge on any atom is -0.333 e. The number of aromatic amines is 2. The molecule has 0 saturated carbocycles. The monoisotopic (exact) mass is 307 g/mol. The van der Waals surface area contributed by atoms with Gasteiger partial charge in [0.2, 0.25) is 0 Å². The lowest BCUT2D eigenvalue weighted by molar-refractivity contribution is 1.02. The van der Waals surface area contributed by atoms with Crippen LogP contribution in [0.4, 0.5) is 0 Å². The van der Waals surface area contributed by atoms with Gasteiger partial charge in [0.15, 0.2) is 11.0 Å². The second-order valence-corrected chi connectivity index (χ2v) is 5.78. The average Bonchev–Trinajstić information content (AvgIpc) is 3.20. The predicted molar refractivity (Wildman–Crippen MR) is 87.5 cm³/mol. The molecule has 0 unspecified atom stereocenters. The summed E-state index contributed by atoms with van der Waals surface area (Å²) in [5.74, 6) is 2.25. The van der Waals surface area contributed by atoms with Crippen molar-refractivity contribution in [3.05, 3.63) is 60.4 Å². The zero-order valence-electron chi connectivity index (χ0n) is 11.7. The Hall–Kier alpha value is -2.60. The SMILES string of the molecule is c1ccc(-c2n[nH]c(CSc3nc4ccccc4[nH]3)n2)cc1. The zero-order valence-corrected chi connectivity index (χ0v) is 12.5. The number of fused-ring (bicyclic) bond motifs is 1. The van der Waals surface area contributed by atoms with E-state index in [0.29, 0.717) is 5.75 Å². The Kier molecular flexibility index (Phi) is 3.36. The molecule has 0 bridgehead atoms. The number of nitrogens with zero attached hydrogens (tertiary/aromatic N) is 3. The number of nitrogens with one attached hydrogen (secondary N) is 2. The van der Waals surface area contributed by atoms with E-state index in [1.807, 2.05) is 54.6 Å². The van der Waals surface area contributed by atoms with Crippen LogP contribution in [0.5, 0.6) is 0 Å². The summed E-state index contributed by atoms with van der Waals surface area (Å²) in [6.45, 7) is 0. The first kappa shape index (κ1) is 13.1. The lowest BCUT2D eigenvalue weighted by Crippen LogP contribution is -1.85. The van der Waals surface area contributed by atoms with Gasteiger partial charge in [-0.3, -0.25) is 5.10 Å². The van der Waals surface area contributed by atoms with Gasteiger partial charge in [-0.05, 0) is 12.1 Å². The van der Waals surface area contributed by atoms with Crippen LogP contribution in [0.15, 0.2) is 59.8 Å². The number of thioether (sulfide) groups is 1. The molecule has 0 aliphatic rings. The number of rotatable bonds is 4. The van der Waals surface area contributed by atoms with Crippen LogP contribution in [0, 0.1) is 0 Å². The Morgan fingerprint density at radius 2 is 1.73 bits per heavy atom. The molecule has 6 heteroatoms. The summed E-state index contributed by atoms with van der Waals surface area (Å²) in [5.41, 5.74) is 3.04. The number of hydrogen-bond donors (Lipinski definition) is 2. The molecule has 0 amide bonds. The van der Waals surface area contributed by atoms with E-state index in [1.165, 1.54) is 0 Å². The van der Waals surface area contributed by atoms with Crippen LogP contribution in [0.3, 0.4) is 0 Å². The fourth-order valence-corrected chi connectivity index (χ4v) is 2.96. The van der Waals surface area contributed by atoms with Gasteiger partial charge in [0, 0.05) is 5.56 Å². The van der Waals surface area contributed by atoms with Crippen molar-refractivity contribution in [2.45, 2.75) is 10.9 Å². The molecule has 0 atom stereocenters. The fourth-order valence-electron chi connectivity index (χ4n) is 2.21. The lowest BCUT2D eigenvalue weighted by atomic mass is 10.2. The molecule has 0 saturated heterocycles. The first-order valence-electron chi connectivity index (χ1n) is 6.93. The van der Waals surface area contributed by atoms with Crippen LogP contribution in [0.2, 0.25) is 0 Å². The summed E-state index contributed by atoms with van der Waals surface area (Å²) in [4.78, 5) is 12.4. The Morgan fingerprint density at radius 1 is 0.909 bits per heavy atom. The maximum atomic E-state index is 4.54. The summed E-state index contributed by atoms with van der Waals surface area (Å²) in [6, 6.07) is 17.9. The number of benzene rings is 2. The molecule has 0 aliphatic carbocycles. The minimum absolute atomic E-state index is 0.694. The first-order valence-corrected chi connectivity index (χ1v) is 7.91. The van der Waals surface area contributed by atoms with Gasteiger partial charge >= 0.3 is 0 Å². The summed E-state index contributed by atoms with van der Waals surface area (Å²) >= 11 is 1.61. The molecule has 2 N–H and O–H groups in total. The third-order valence-corrected chi connectivity index (χ3v) is 4.16. The molecule has 0 fully saturated rings. The quantitative estimate of drug-likeness (QED) is 0.565. The molecule has 0 radical (unpaired) electrons. The van der Waals surface area contributed by atoms with Crippen LogP contribution < -0.4 is 0 Å². The molecule has 0 aliphatic heterocycles. The van der Waals surface area contributed by atoms with Gasteiger partial charge in [0.05, 0.1) is 16.8 Å². The van der Waals surface area contributed by atoms with Gasteiger partial charge in [0.25, 0.3) is 0 Å². The molecule has 4 aromatic rings. The summed E-state index contributed by atoms with van der Waals surface area (Å²) in [6.07, 6.45) is 0. The molecule has 2 heterocycles. The third-order valence-electron chi connectivity index (χ3n) is 3.28. The molecule has 0 spiro atoms. The molecule has 108 valence electrons. The molecular formula is C16H13N5S. The van der Waals surface area contributed by atoms with E-state index < -0.39 is 0 Å². The predicted octanol–water partition coefficient (Wildman–Crippen LogP) is 3.64. The summed E-state index contributed by atoms with van der Waals surface area (Å²) in [7, 11) is 0. The number of hydrogen-bond acceptors (Lipinski definition) is 4. The highest BCUT2D eigenvalue weighted by molar-refractivity contribution is 7.98. The lowest BCUT2D eigenvalue weighted by Gasteiger charge is -1.93. The molecule has 5 nitrogen and oxygen atoms in total. The van der Waals surface area contributed by atoms with E-state index in [-0.39, 0.29) is 0 Å². The van der Waals surface area contributed by atoms with Gasteiger partial charge < -0.3 is 4.98 Å². The fraction of sp³-hybridized carbons (Fsp3) is 0.0625. The standard InChI is InChI=1S/C16H13N5S/c1-2-6-11(7-3-1)15-19-14(20-21-15)10-22-16-17-12-8-4-5-9-13(12)18-16/h1-9H,10H2,(H,17,18)(H,19,20,21). The second-order valence-electron chi connectivity index (χ2n) is 4.82. The smallest absolute Gasteiger partial charge is 0.181 e. The summed E-state index contributed by atoms with van der Waals surface area (Å²) in [5, 5.41) is 8.13. The van der Waals surface area contributed by atoms with E-state index in [9.17, 15) is 0 Å².